The van der Waals surface area contributed by atoms with Gasteiger partial charge in [-0.15, -0.1) is 22.9 Å². The van der Waals surface area contributed by atoms with Crippen LogP contribution in [-0.2, 0) is 16.1 Å². The second-order valence-corrected chi connectivity index (χ2v) is 9.25. The van der Waals surface area contributed by atoms with E-state index in [2.05, 4.69) is 21.2 Å². The Hall–Kier alpha value is -1.37. The molecule has 7 heteroatoms. The van der Waals surface area contributed by atoms with Crippen molar-refractivity contribution >= 4 is 50.7 Å². The Kier molecular flexibility index (Phi) is 7.94. The van der Waals surface area contributed by atoms with E-state index < -0.39 is 6.04 Å². The zero-order valence-electron chi connectivity index (χ0n) is 15.6. The van der Waals surface area contributed by atoms with Gasteiger partial charge in [0.05, 0.1) is 6.54 Å². The summed E-state index contributed by atoms with van der Waals surface area (Å²) in [6.07, 6.45) is 5.46. The average Bonchev–Trinajstić information content (AvgIpc) is 3.21. The van der Waals surface area contributed by atoms with Crippen molar-refractivity contribution < 1.29 is 9.59 Å². The molecule has 0 saturated heterocycles. The maximum absolute atomic E-state index is 13.4. The quantitative estimate of drug-likeness (QED) is 0.546. The van der Waals surface area contributed by atoms with E-state index in [1.165, 1.54) is 6.42 Å². The van der Waals surface area contributed by atoms with Gasteiger partial charge in [-0.05, 0) is 42.0 Å². The van der Waals surface area contributed by atoms with E-state index in [0.29, 0.717) is 6.54 Å². The molecule has 1 aliphatic rings. The molecule has 0 spiro atoms. The summed E-state index contributed by atoms with van der Waals surface area (Å²) in [5.41, 5.74) is 0.776. The molecular weight excluding hydrogens is 460 g/mol. The molecule has 1 atom stereocenters. The smallest absolute Gasteiger partial charge is 0.247 e. The van der Waals surface area contributed by atoms with Gasteiger partial charge in [-0.2, -0.15) is 0 Å². The molecule has 1 fully saturated rings. The molecule has 1 N–H and O–H groups in total. The Morgan fingerprint density at radius 1 is 1.21 bits per heavy atom. The molecule has 2 amide bonds. The molecule has 4 nitrogen and oxygen atoms in total. The molecule has 3 rings (SSSR count). The number of benzene rings is 1. The van der Waals surface area contributed by atoms with Crippen LogP contribution in [0.5, 0.6) is 0 Å². The minimum absolute atomic E-state index is 0.139. The van der Waals surface area contributed by atoms with Crippen LogP contribution < -0.4 is 5.32 Å². The molecule has 1 aliphatic carbocycles. The summed E-state index contributed by atoms with van der Waals surface area (Å²) in [7, 11) is 0. The largest absolute Gasteiger partial charge is 0.351 e. The molecule has 0 unspecified atom stereocenters. The van der Waals surface area contributed by atoms with Gasteiger partial charge in [0.2, 0.25) is 11.8 Å². The molecule has 1 saturated carbocycles. The second-order valence-electron chi connectivity index (χ2n) is 7.04. The van der Waals surface area contributed by atoms with E-state index in [1.807, 2.05) is 41.8 Å². The first-order valence-electron chi connectivity index (χ1n) is 9.52. The van der Waals surface area contributed by atoms with Crippen molar-refractivity contribution in [1.29, 1.82) is 0 Å². The molecular formula is C21H24BrClN2O2S. The van der Waals surface area contributed by atoms with E-state index in [4.69, 9.17) is 11.6 Å². The summed E-state index contributed by atoms with van der Waals surface area (Å²) < 4.78 is 0.870. The first kappa shape index (κ1) is 21.3. The van der Waals surface area contributed by atoms with E-state index in [9.17, 15) is 9.59 Å². The van der Waals surface area contributed by atoms with Crippen LogP contribution in [0, 0.1) is 0 Å². The number of carbonyl (C=O) groups excluding carboxylic acids is 2. The molecule has 2 aromatic rings. The topological polar surface area (TPSA) is 49.4 Å². The lowest BCUT2D eigenvalue weighted by Gasteiger charge is -2.33. The third-order valence-corrected chi connectivity index (χ3v) is 6.60. The highest BCUT2D eigenvalue weighted by atomic mass is 79.9. The number of amides is 2. The molecule has 0 aliphatic heterocycles. The van der Waals surface area contributed by atoms with Crippen molar-refractivity contribution in [2.24, 2.45) is 0 Å². The number of rotatable bonds is 7. The van der Waals surface area contributed by atoms with Crippen LogP contribution in [0.3, 0.4) is 0 Å². The number of hydrogen-bond donors (Lipinski definition) is 1. The fourth-order valence-corrected chi connectivity index (χ4v) is 4.92. The lowest BCUT2D eigenvalue weighted by atomic mass is 9.94. The van der Waals surface area contributed by atoms with Crippen LogP contribution in [0.15, 0.2) is 46.3 Å². The summed E-state index contributed by atoms with van der Waals surface area (Å²) >= 11 is 11.0. The van der Waals surface area contributed by atoms with Crippen molar-refractivity contribution in [3.8, 4) is 0 Å². The van der Waals surface area contributed by atoms with Gasteiger partial charge in [-0.1, -0.05) is 53.4 Å². The van der Waals surface area contributed by atoms with Gasteiger partial charge in [-0.3, -0.25) is 9.59 Å². The Bertz CT molecular complexity index is 793. The van der Waals surface area contributed by atoms with Gasteiger partial charge in [0, 0.05) is 15.4 Å². The van der Waals surface area contributed by atoms with Gasteiger partial charge in [-0.25, -0.2) is 0 Å². The maximum atomic E-state index is 13.4. The van der Waals surface area contributed by atoms with Crippen molar-refractivity contribution in [1.82, 2.24) is 10.2 Å². The molecule has 0 bridgehead atoms. The number of carbonyl (C=O) groups is 2. The molecule has 28 heavy (non-hydrogen) atoms. The number of alkyl halides is 1. The average molecular weight is 484 g/mol. The number of nitrogens with one attached hydrogen (secondary N) is 1. The third-order valence-electron chi connectivity index (χ3n) is 5.02. The summed E-state index contributed by atoms with van der Waals surface area (Å²) in [6.45, 7) is 0.360. The highest BCUT2D eigenvalue weighted by Crippen LogP contribution is 2.28. The SMILES string of the molecule is O=C(NC1CCCCC1)[C@@H](c1cccc(Br)c1)N(Cc1cccs1)C(=O)CCl. The number of hydrogen-bond acceptors (Lipinski definition) is 3. The lowest BCUT2D eigenvalue weighted by Crippen LogP contribution is -2.47. The van der Waals surface area contributed by atoms with Crippen LogP contribution in [0.2, 0.25) is 0 Å². The monoisotopic (exact) mass is 482 g/mol. The summed E-state index contributed by atoms with van der Waals surface area (Å²) in [6, 6.07) is 10.9. The molecule has 1 aromatic heterocycles. The molecule has 0 radical (unpaired) electrons. The van der Waals surface area contributed by atoms with Gasteiger partial charge in [0.25, 0.3) is 0 Å². The maximum Gasteiger partial charge on any atom is 0.247 e. The van der Waals surface area contributed by atoms with Crippen molar-refractivity contribution in [3.05, 3.63) is 56.7 Å². The zero-order chi connectivity index (χ0) is 19.9. The van der Waals surface area contributed by atoms with Gasteiger partial charge in [0.1, 0.15) is 11.9 Å². The third kappa shape index (κ3) is 5.58. The van der Waals surface area contributed by atoms with E-state index in [1.54, 1.807) is 16.2 Å². The van der Waals surface area contributed by atoms with Gasteiger partial charge in [0.15, 0.2) is 0 Å². The predicted octanol–water partition coefficient (Wildman–Crippen LogP) is 5.27. The van der Waals surface area contributed by atoms with E-state index in [0.717, 1.165) is 40.6 Å². The fraction of sp³-hybridized carbons (Fsp3) is 0.429. The molecule has 150 valence electrons. The standard InChI is InChI=1S/C21H24BrClN2O2S/c22-16-7-4-6-15(12-16)20(21(27)24-17-8-2-1-3-9-17)25(19(26)13-23)14-18-10-5-11-28-18/h4-7,10-12,17,20H,1-3,8-9,13-14H2,(H,24,27)/t20-/m1/s1. The van der Waals surface area contributed by atoms with E-state index >= 15 is 0 Å². The van der Waals surface area contributed by atoms with Crippen LogP contribution in [0.1, 0.15) is 48.6 Å². The van der Waals surface area contributed by atoms with Crippen molar-refractivity contribution in [3.63, 3.8) is 0 Å². The summed E-state index contributed by atoms with van der Waals surface area (Å²) in [5, 5.41) is 5.16. The van der Waals surface area contributed by atoms with Crippen LogP contribution in [0.25, 0.3) is 0 Å². The van der Waals surface area contributed by atoms with Crippen LogP contribution in [0.4, 0.5) is 0 Å². The summed E-state index contributed by atoms with van der Waals surface area (Å²) in [4.78, 5) is 28.7. The minimum atomic E-state index is -0.715. The Morgan fingerprint density at radius 3 is 2.64 bits per heavy atom. The minimum Gasteiger partial charge on any atom is -0.351 e. The Morgan fingerprint density at radius 2 is 2.00 bits per heavy atom. The highest BCUT2D eigenvalue weighted by molar-refractivity contribution is 9.10. The number of halogens is 2. The van der Waals surface area contributed by atoms with Gasteiger partial charge >= 0.3 is 0 Å². The number of thiophene rings is 1. The lowest BCUT2D eigenvalue weighted by molar-refractivity contribution is -0.140. The van der Waals surface area contributed by atoms with Crippen LogP contribution in [-0.4, -0.2) is 28.6 Å². The van der Waals surface area contributed by atoms with E-state index in [-0.39, 0.29) is 23.7 Å². The Labute approximate surface area is 183 Å². The fourth-order valence-electron chi connectivity index (χ4n) is 3.65. The van der Waals surface area contributed by atoms with Gasteiger partial charge < -0.3 is 10.2 Å². The van der Waals surface area contributed by atoms with Crippen molar-refractivity contribution in [2.45, 2.75) is 50.7 Å². The summed E-state index contributed by atoms with van der Waals surface area (Å²) in [5.74, 6) is -0.550. The predicted molar refractivity (Wildman–Crippen MR) is 117 cm³/mol. The zero-order valence-corrected chi connectivity index (χ0v) is 18.7. The Balaban J connectivity index is 1.92. The number of nitrogens with zero attached hydrogens (tertiary/aromatic N) is 1. The molecule has 1 aromatic carbocycles. The second kappa shape index (κ2) is 10.4. The molecule has 1 heterocycles. The van der Waals surface area contributed by atoms with Crippen LogP contribution >= 0.6 is 38.9 Å². The van der Waals surface area contributed by atoms with Crippen molar-refractivity contribution in [2.75, 3.05) is 5.88 Å². The normalized spacial score (nSPS) is 15.8. The highest BCUT2D eigenvalue weighted by Gasteiger charge is 2.32. The first-order valence-corrected chi connectivity index (χ1v) is 11.7. The first-order chi connectivity index (χ1) is 13.6.